The lowest BCUT2D eigenvalue weighted by atomic mass is 9.93. The second-order valence-corrected chi connectivity index (χ2v) is 11.6. The molecule has 0 radical (unpaired) electrons. The molecule has 7 heteroatoms. The third kappa shape index (κ3) is 7.71. The topological polar surface area (TPSA) is 49.9 Å². The fourth-order valence-corrected chi connectivity index (χ4v) is 6.28. The van der Waals surface area contributed by atoms with E-state index in [9.17, 15) is 9.59 Å². The lowest BCUT2D eigenvalue weighted by molar-refractivity contribution is -0.134. The third-order valence-corrected chi connectivity index (χ3v) is 8.63. The van der Waals surface area contributed by atoms with Crippen LogP contribution in [0, 0.1) is 0 Å². The van der Waals surface area contributed by atoms with E-state index < -0.39 is 0 Å². The zero-order valence-corrected chi connectivity index (χ0v) is 24.6. The van der Waals surface area contributed by atoms with E-state index >= 15 is 0 Å². The molecule has 3 aromatic rings. The minimum Gasteiger partial charge on any atom is -0.385 e. The van der Waals surface area contributed by atoms with Crippen molar-refractivity contribution in [2.45, 2.75) is 57.9 Å². The number of hydrogen-bond acceptors (Lipinski definition) is 4. The number of benzene rings is 2. The van der Waals surface area contributed by atoms with Gasteiger partial charge in [0.05, 0.1) is 6.04 Å². The van der Waals surface area contributed by atoms with Crippen molar-refractivity contribution in [1.29, 1.82) is 0 Å². The molecule has 208 valence electrons. The Bertz CT molecular complexity index is 1210. The van der Waals surface area contributed by atoms with Gasteiger partial charge in [-0.1, -0.05) is 62.1 Å². The number of rotatable bonds is 13. The molecule has 0 unspecified atom stereocenters. The summed E-state index contributed by atoms with van der Waals surface area (Å²) >= 11 is 7.90. The number of fused-ring (bicyclic) bond motifs is 1. The Hall–Kier alpha value is -2.67. The van der Waals surface area contributed by atoms with Crippen LogP contribution in [-0.4, -0.2) is 55.0 Å². The SMILES string of the molecule is CCCCCCc1ccc(C(=O)N(CCCOC)CC(=O)N2CCc3sccc3[C@H]2c2ccc(Cl)cc2)cc1. The van der Waals surface area contributed by atoms with E-state index in [0.29, 0.717) is 36.7 Å². The molecule has 1 aromatic heterocycles. The van der Waals surface area contributed by atoms with Crippen molar-refractivity contribution in [3.05, 3.63) is 92.1 Å². The fourth-order valence-electron chi connectivity index (χ4n) is 5.25. The van der Waals surface area contributed by atoms with E-state index in [2.05, 4.69) is 18.4 Å². The Labute approximate surface area is 241 Å². The maximum absolute atomic E-state index is 13.9. The molecule has 5 nitrogen and oxygen atoms in total. The molecule has 2 amide bonds. The van der Waals surface area contributed by atoms with Crippen LogP contribution in [0.25, 0.3) is 0 Å². The van der Waals surface area contributed by atoms with Crippen LogP contribution in [0.1, 0.15) is 77.0 Å². The predicted octanol–water partition coefficient (Wildman–Crippen LogP) is 7.18. The van der Waals surface area contributed by atoms with Gasteiger partial charge >= 0.3 is 0 Å². The number of nitrogens with zero attached hydrogens (tertiary/aromatic N) is 2. The van der Waals surface area contributed by atoms with Crippen molar-refractivity contribution in [3.8, 4) is 0 Å². The monoisotopic (exact) mass is 566 g/mol. The molecule has 0 N–H and O–H groups in total. The molecule has 4 rings (SSSR count). The first-order valence-corrected chi connectivity index (χ1v) is 15.3. The van der Waals surface area contributed by atoms with Gasteiger partial charge in [-0.15, -0.1) is 11.3 Å². The van der Waals surface area contributed by atoms with Crippen LogP contribution in [0.3, 0.4) is 0 Å². The van der Waals surface area contributed by atoms with E-state index in [-0.39, 0.29) is 24.4 Å². The number of aryl methyl sites for hydroxylation is 1. The van der Waals surface area contributed by atoms with Crippen LogP contribution >= 0.6 is 22.9 Å². The summed E-state index contributed by atoms with van der Waals surface area (Å²) in [5.41, 5.74) is 4.05. The van der Waals surface area contributed by atoms with Gasteiger partial charge < -0.3 is 14.5 Å². The zero-order chi connectivity index (χ0) is 27.6. The second kappa shape index (κ2) is 14.6. The summed E-state index contributed by atoms with van der Waals surface area (Å²) in [5, 5.41) is 2.76. The number of hydrogen-bond donors (Lipinski definition) is 0. The molecular weight excluding hydrogens is 528 g/mol. The summed E-state index contributed by atoms with van der Waals surface area (Å²) in [5.74, 6) is -0.168. The highest BCUT2D eigenvalue weighted by molar-refractivity contribution is 7.10. The average Bonchev–Trinajstić information content (AvgIpc) is 3.44. The maximum Gasteiger partial charge on any atom is 0.254 e. The fraction of sp³-hybridized carbons (Fsp3) is 0.438. The van der Waals surface area contributed by atoms with Crippen LogP contribution in [0.4, 0.5) is 0 Å². The highest BCUT2D eigenvalue weighted by Crippen LogP contribution is 2.38. The van der Waals surface area contributed by atoms with Gasteiger partial charge in [-0.25, -0.2) is 0 Å². The molecule has 2 aromatic carbocycles. The molecule has 1 aliphatic heterocycles. The lowest BCUT2D eigenvalue weighted by Gasteiger charge is -2.37. The second-order valence-electron chi connectivity index (χ2n) is 10.2. The Balaban J connectivity index is 1.51. The predicted molar refractivity (Wildman–Crippen MR) is 160 cm³/mol. The molecule has 2 heterocycles. The molecule has 0 bridgehead atoms. The van der Waals surface area contributed by atoms with Gasteiger partial charge in [0, 0.05) is 42.3 Å². The standard InChI is InChI=1S/C32H39ClN2O3S/c1-3-4-5-6-8-24-9-11-26(12-10-24)32(37)34(19-7-21-38-2)23-30(36)35-20-17-29-28(18-22-39-29)31(35)25-13-15-27(33)16-14-25/h9-16,18,22,31H,3-8,17,19-21,23H2,1-2H3/t31-/m1/s1. The van der Waals surface area contributed by atoms with Crippen molar-refractivity contribution in [2.24, 2.45) is 0 Å². The number of carbonyl (C=O) groups excluding carboxylic acids is 2. The number of carbonyl (C=O) groups is 2. The summed E-state index contributed by atoms with van der Waals surface area (Å²) in [6, 6.07) is 17.6. The number of unbranched alkanes of at least 4 members (excludes halogenated alkanes) is 3. The smallest absolute Gasteiger partial charge is 0.254 e. The van der Waals surface area contributed by atoms with Crippen LogP contribution in [-0.2, 0) is 22.4 Å². The molecule has 1 atom stereocenters. The number of halogens is 1. The van der Waals surface area contributed by atoms with Gasteiger partial charge in [-0.3, -0.25) is 9.59 Å². The molecule has 0 fully saturated rings. The van der Waals surface area contributed by atoms with Crippen molar-refractivity contribution in [3.63, 3.8) is 0 Å². The Morgan fingerprint density at radius 2 is 1.79 bits per heavy atom. The average molecular weight is 567 g/mol. The highest BCUT2D eigenvalue weighted by atomic mass is 35.5. The largest absolute Gasteiger partial charge is 0.385 e. The minimum atomic E-state index is -0.187. The number of ether oxygens (including phenoxy) is 1. The Morgan fingerprint density at radius 3 is 2.51 bits per heavy atom. The number of methoxy groups -OCH3 is 1. The lowest BCUT2D eigenvalue weighted by Crippen LogP contribution is -2.47. The van der Waals surface area contributed by atoms with E-state index in [1.54, 1.807) is 23.3 Å². The van der Waals surface area contributed by atoms with E-state index in [4.69, 9.17) is 16.3 Å². The molecule has 0 saturated carbocycles. The third-order valence-electron chi connectivity index (χ3n) is 7.38. The summed E-state index contributed by atoms with van der Waals surface area (Å²) in [7, 11) is 1.65. The molecule has 0 saturated heterocycles. The van der Waals surface area contributed by atoms with Gasteiger partial charge in [-0.2, -0.15) is 0 Å². The van der Waals surface area contributed by atoms with Gasteiger partial charge in [0.1, 0.15) is 6.54 Å². The van der Waals surface area contributed by atoms with Gasteiger partial charge in [0.2, 0.25) is 5.91 Å². The Morgan fingerprint density at radius 1 is 1.03 bits per heavy atom. The van der Waals surface area contributed by atoms with Crippen LogP contribution in [0.15, 0.2) is 60.0 Å². The molecule has 39 heavy (non-hydrogen) atoms. The first-order chi connectivity index (χ1) is 19.0. The van der Waals surface area contributed by atoms with E-state index in [1.807, 2.05) is 53.4 Å². The summed E-state index contributed by atoms with van der Waals surface area (Å²) in [6.07, 6.45) is 7.38. The molecular formula is C32H39ClN2O3S. The summed E-state index contributed by atoms with van der Waals surface area (Å²) < 4.78 is 5.24. The number of thiophene rings is 1. The zero-order valence-electron chi connectivity index (χ0n) is 23.0. The van der Waals surface area contributed by atoms with Crippen molar-refractivity contribution >= 4 is 34.8 Å². The minimum absolute atomic E-state index is 0.0326. The summed E-state index contributed by atoms with van der Waals surface area (Å²) in [4.78, 5) is 32.4. The highest BCUT2D eigenvalue weighted by Gasteiger charge is 2.34. The Kier molecular flexibility index (Phi) is 11.0. The summed E-state index contributed by atoms with van der Waals surface area (Å²) in [6.45, 7) is 3.85. The first kappa shape index (κ1) is 29.3. The normalized spacial score (nSPS) is 14.7. The number of amides is 2. The van der Waals surface area contributed by atoms with E-state index in [1.165, 1.54) is 29.7 Å². The molecule has 1 aliphatic rings. The van der Waals surface area contributed by atoms with Gasteiger partial charge in [0.25, 0.3) is 5.91 Å². The van der Waals surface area contributed by atoms with Gasteiger partial charge in [0.15, 0.2) is 0 Å². The van der Waals surface area contributed by atoms with Crippen LogP contribution < -0.4 is 0 Å². The quantitative estimate of drug-likeness (QED) is 0.206. The maximum atomic E-state index is 13.9. The van der Waals surface area contributed by atoms with Crippen LogP contribution in [0.5, 0.6) is 0 Å². The van der Waals surface area contributed by atoms with Gasteiger partial charge in [-0.05, 0) is 78.1 Å². The van der Waals surface area contributed by atoms with Crippen molar-refractivity contribution in [2.75, 3.05) is 33.4 Å². The molecule has 0 spiro atoms. The van der Waals surface area contributed by atoms with Crippen molar-refractivity contribution < 1.29 is 14.3 Å². The van der Waals surface area contributed by atoms with Crippen LogP contribution in [0.2, 0.25) is 5.02 Å². The van der Waals surface area contributed by atoms with Crippen molar-refractivity contribution in [1.82, 2.24) is 9.80 Å². The molecule has 0 aliphatic carbocycles. The first-order valence-electron chi connectivity index (χ1n) is 14.0. The van der Waals surface area contributed by atoms with E-state index in [0.717, 1.165) is 30.4 Å².